The lowest BCUT2D eigenvalue weighted by Gasteiger charge is -2.38. The SMILES string of the molecule is COc1cc2c(cc1OC)[C@H](C#N)N([C@@H](C)c1ccccc1)CC2. The lowest BCUT2D eigenvalue weighted by Crippen LogP contribution is -2.36. The molecule has 0 aromatic heterocycles. The highest BCUT2D eigenvalue weighted by molar-refractivity contribution is 5.50. The highest BCUT2D eigenvalue weighted by Gasteiger charge is 2.32. The second-order valence-electron chi connectivity index (χ2n) is 6.01. The molecule has 0 aliphatic carbocycles. The van der Waals surface area contributed by atoms with E-state index in [1.807, 2.05) is 30.3 Å². The van der Waals surface area contributed by atoms with E-state index in [9.17, 15) is 5.26 Å². The molecule has 0 spiro atoms. The Balaban J connectivity index is 1.99. The summed E-state index contributed by atoms with van der Waals surface area (Å²) >= 11 is 0. The van der Waals surface area contributed by atoms with Crippen LogP contribution in [0.3, 0.4) is 0 Å². The van der Waals surface area contributed by atoms with Crippen LogP contribution in [0.5, 0.6) is 11.5 Å². The summed E-state index contributed by atoms with van der Waals surface area (Å²) in [6, 6.07) is 16.6. The van der Waals surface area contributed by atoms with Gasteiger partial charge in [-0.2, -0.15) is 5.26 Å². The maximum absolute atomic E-state index is 9.83. The average molecular weight is 322 g/mol. The molecule has 0 bridgehead atoms. The monoisotopic (exact) mass is 322 g/mol. The van der Waals surface area contributed by atoms with E-state index in [-0.39, 0.29) is 12.1 Å². The highest BCUT2D eigenvalue weighted by atomic mass is 16.5. The molecule has 1 aliphatic heterocycles. The third kappa shape index (κ3) is 2.83. The zero-order chi connectivity index (χ0) is 17.1. The zero-order valence-corrected chi connectivity index (χ0v) is 14.3. The van der Waals surface area contributed by atoms with Gasteiger partial charge in [-0.3, -0.25) is 4.90 Å². The molecule has 0 N–H and O–H groups in total. The molecule has 0 saturated heterocycles. The predicted molar refractivity (Wildman–Crippen MR) is 93.2 cm³/mol. The third-order valence-electron chi connectivity index (χ3n) is 4.81. The van der Waals surface area contributed by atoms with E-state index in [0.29, 0.717) is 5.75 Å². The van der Waals surface area contributed by atoms with Crippen LogP contribution in [-0.2, 0) is 6.42 Å². The van der Waals surface area contributed by atoms with Gasteiger partial charge >= 0.3 is 0 Å². The number of ether oxygens (including phenoxy) is 2. The minimum absolute atomic E-state index is 0.178. The summed E-state index contributed by atoms with van der Waals surface area (Å²) in [5.41, 5.74) is 3.40. The van der Waals surface area contributed by atoms with Crippen molar-refractivity contribution in [2.24, 2.45) is 0 Å². The molecule has 1 aliphatic rings. The topological polar surface area (TPSA) is 45.5 Å². The first-order chi connectivity index (χ1) is 11.7. The number of benzene rings is 2. The lowest BCUT2D eigenvalue weighted by molar-refractivity contribution is 0.165. The number of hydrogen-bond acceptors (Lipinski definition) is 4. The fourth-order valence-corrected chi connectivity index (χ4v) is 3.45. The lowest BCUT2D eigenvalue weighted by atomic mass is 9.90. The Morgan fingerprint density at radius 3 is 2.42 bits per heavy atom. The summed E-state index contributed by atoms with van der Waals surface area (Å²) in [6.45, 7) is 3.00. The Labute approximate surface area is 143 Å². The summed E-state index contributed by atoms with van der Waals surface area (Å²) in [4.78, 5) is 2.25. The number of nitriles is 1. The molecule has 0 saturated carbocycles. The van der Waals surface area contributed by atoms with E-state index in [0.717, 1.165) is 29.8 Å². The van der Waals surface area contributed by atoms with Crippen molar-refractivity contribution >= 4 is 0 Å². The van der Waals surface area contributed by atoms with Crippen LogP contribution in [0.15, 0.2) is 42.5 Å². The molecule has 0 amide bonds. The fourth-order valence-electron chi connectivity index (χ4n) is 3.45. The number of nitrogens with zero attached hydrogens (tertiary/aromatic N) is 2. The van der Waals surface area contributed by atoms with Crippen molar-refractivity contribution in [3.63, 3.8) is 0 Å². The molecule has 2 atom stereocenters. The van der Waals surface area contributed by atoms with Crippen LogP contribution in [0.2, 0.25) is 0 Å². The smallest absolute Gasteiger partial charge is 0.161 e. The molecular formula is C20H22N2O2. The molecule has 3 rings (SSSR count). The van der Waals surface area contributed by atoms with Crippen LogP contribution in [0, 0.1) is 11.3 Å². The van der Waals surface area contributed by atoms with Crippen molar-refractivity contribution < 1.29 is 9.47 Å². The number of methoxy groups -OCH3 is 2. The van der Waals surface area contributed by atoms with Crippen LogP contribution in [0.25, 0.3) is 0 Å². The minimum Gasteiger partial charge on any atom is -0.493 e. The third-order valence-corrected chi connectivity index (χ3v) is 4.81. The van der Waals surface area contributed by atoms with E-state index >= 15 is 0 Å². The summed E-state index contributed by atoms with van der Waals surface area (Å²) in [7, 11) is 3.26. The molecule has 124 valence electrons. The van der Waals surface area contributed by atoms with Crippen LogP contribution in [-0.4, -0.2) is 25.7 Å². The maximum atomic E-state index is 9.83. The Morgan fingerprint density at radius 2 is 1.79 bits per heavy atom. The first-order valence-corrected chi connectivity index (χ1v) is 8.14. The van der Waals surface area contributed by atoms with E-state index in [1.54, 1.807) is 14.2 Å². The van der Waals surface area contributed by atoms with Gasteiger partial charge in [-0.15, -0.1) is 0 Å². The molecule has 0 radical (unpaired) electrons. The standard InChI is InChI=1S/C20H22N2O2/c1-14(15-7-5-4-6-8-15)22-10-9-16-11-19(23-2)20(24-3)12-17(16)18(22)13-21/h4-8,11-12,14,18H,9-10H2,1-3H3/t14-,18-/m0/s1. The normalized spacial score (nSPS) is 18.3. The van der Waals surface area contributed by atoms with Crippen molar-refractivity contribution in [2.45, 2.75) is 25.4 Å². The van der Waals surface area contributed by atoms with Crippen LogP contribution in [0.1, 0.15) is 35.7 Å². The minimum atomic E-state index is -0.288. The van der Waals surface area contributed by atoms with E-state index in [1.165, 1.54) is 5.56 Å². The first kappa shape index (κ1) is 16.4. The van der Waals surface area contributed by atoms with Gasteiger partial charge in [0.1, 0.15) is 6.04 Å². The summed E-state index contributed by atoms with van der Waals surface area (Å²) in [6.07, 6.45) is 0.894. The molecule has 2 aromatic rings. The van der Waals surface area contributed by atoms with Crippen molar-refractivity contribution in [3.8, 4) is 17.6 Å². The van der Waals surface area contributed by atoms with Crippen molar-refractivity contribution in [1.82, 2.24) is 4.90 Å². The molecule has 0 fully saturated rings. The summed E-state index contributed by atoms with van der Waals surface area (Å²) in [5.74, 6) is 1.39. The Hall–Kier alpha value is -2.51. The van der Waals surface area contributed by atoms with Crippen LogP contribution >= 0.6 is 0 Å². The Bertz CT molecular complexity index is 752. The molecule has 4 heteroatoms. The van der Waals surface area contributed by atoms with E-state index in [2.05, 4.69) is 30.0 Å². The number of fused-ring (bicyclic) bond motifs is 1. The molecule has 24 heavy (non-hydrogen) atoms. The summed E-state index contributed by atoms with van der Waals surface area (Å²) in [5, 5.41) is 9.83. The molecular weight excluding hydrogens is 300 g/mol. The maximum Gasteiger partial charge on any atom is 0.161 e. The Morgan fingerprint density at radius 1 is 1.12 bits per heavy atom. The van der Waals surface area contributed by atoms with Gasteiger partial charge in [0.2, 0.25) is 0 Å². The highest BCUT2D eigenvalue weighted by Crippen LogP contribution is 2.40. The number of hydrogen-bond donors (Lipinski definition) is 0. The molecule has 1 heterocycles. The van der Waals surface area contributed by atoms with Crippen molar-refractivity contribution in [1.29, 1.82) is 5.26 Å². The van der Waals surface area contributed by atoms with Gasteiger partial charge < -0.3 is 9.47 Å². The van der Waals surface area contributed by atoms with Crippen molar-refractivity contribution in [2.75, 3.05) is 20.8 Å². The largest absolute Gasteiger partial charge is 0.493 e. The van der Waals surface area contributed by atoms with Gasteiger partial charge in [-0.05, 0) is 42.2 Å². The van der Waals surface area contributed by atoms with E-state index in [4.69, 9.17) is 9.47 Å². The summed E-state index contributed by atoms with van der Waals surface area (Å²) < 4.78 is 10.8. The fraction of sp³-hybridized carbons (Fsp3) is 0.350. The van der Waals surface area contributed by atoms with Gasteiger partial charge in [0.15, 0.2) is 11.5 Å². The van der Waals surface area contributed by atoms with Crippen molar-refractivity contribution in [3.05, 3.63) is 59.2 Å². The second kappa shape index (κ2) is 6.94. The average Bonchev–Trinajstić information content (AvgIpc) is 2.65. The quantitative estimate of drug-likeness (QED) is 0.857. The Kier molecular flexibility index (Phi) is 4.73. The van der Waals surface area contributed by atoms with Gasteiger partial charge in [0, 0.05) is 12.6 Å². The molecule has 2 aromatic carbocycles. The molecule has 4 nitrogen and oxygen atoms in total. The van der Waals surface area contributed by atoms with Gasteiger partial charge in [0.25, 0.3) is 0 Å². The van der Waals surface area contributed by atoms with Gasteiger partial charge in [-0.25, -0.2) is 0 Å². The van der Waals surface area contributed by atoms with Crippen LogP contribution < -0.4 is 9.47 Å². The van der Waals surface area contributed by atoms with Gasteiger partial charge in [0.05, 0.1) is 20.3 Å². The second-order valence-corrected chi connectivity index (χ2v) is 6.01. The first-order valence-electron chi connectivity index (χ1n) is 8.14. The zero-order valence-electron chi connectivity index (χ0n) is 14.3. The van der Waals surface area contributed by atoms with Gasteiger partial charge in [-0.1, -0.05) is 30.3 Å². The van der Waals surface area contributed by atoms with E-state index < -0.39 is 0 Å². The predicted octanol–water partition coefficient (Wildman–Crippen LogP) is 3.89. The molecule has 0 unspecified atom stereocenters. The number of rotatable bonds is 4. The van der Waals surface area contributed by atoms with Crippen LogP contribution in [0.4, 0.5) is 0 Å².